The Morgan fingerprint density at radius 1 is 1.47 bits per heavy atom. The molecule has 0 bridgehead atoms. The van der Waals surface area contributed by atoms with Gasteiger partial charge in [0.15, 0.2) is 0 Å². The van der Waals surface area contributed by atoms with Gasteiger partial charge in [-0.2, -0.15) is 0 Å². The summed E-state index contributed by atoms with van der Waals surface area (Å²) in [5.74, 6) is -0.371. The van der Waals surface area contributed by atoms with Crippen LogP contribution in [0.5, 0.6) is 0 Å². The molecule has 0 fully saturated rings. The smallest absolute Gasteiger partial charge is 0.322 e. The van der Waals surface area contributed by atoms with E-state index in [0.29, 0.717) is 6.42 Å². The van der Waals surface area contributed by atoms with Gasteiger partial charge in [-0.05, 0) is 12.0 Å². The molecule has 0 heterocycles. The van der Waals surface area contributed by atoms with Crippen LogP contribution in [0.1, 0.15) is 5.56 Å². The number of carbonyl (C=O) groups excluding carboxylic acids is 1. The average molecular weight is 232 g/mol. The summed E-state index contributed by atoms with van der Waals surface area (Å²) in [6, 6.07) is 9.06. The van der Waals surface area contributed by atoms with Gasteiger partial charge in [0.2, 0.25) is 0 Å². The molecule has 0 aromatic heterocycles. The minimum Gasteiger partial charge on any atom is -0.468 e. The third-order valence-electron chi connectivity index (χ3n) is 1.80. The molecule has 0 aliphatic rings. The molecule has 5 heteroatoms. The van der Waals surface area contributed by atoms with Crippen molar-refractivity contribution in [3.8, 4) is 0 Å². The summed E-state index contributed by atoms with van der Waals surface area (Å²) in [6.45, 7) is 0. The van der Waals surface area contributed by atoms with E-state index in [1.165, 1.54) is 7.11 Å². The molecule has 1 aromatic carbocycles. The van der Waals surface area contributed by atoms with Gasteiger partial charge < -0.3 is 10.5 Å². The number of carbonyl (C=O) groups is 1. The molecule has 0 radical (unpaired) electrons. The molecule has 1 atom stereocenters. The lowest BCUT2D eigenvalue weighted by Gasteiger charge is -2.08. The van der Waals surface area contributed by atoms with Crippen molar-refractivity contribution in [3.63, 3.8) is 0 Å². The molecule has 0 amide bonds. The number of esters is 1. The summed E-state index contributed by atoms with van der Waals surface area (Å²) in [5, 5.41) is 0. The van der Waals surface area contributed by atoms with Gasteiger partial charge in [-0.1, -0.05) is 30.3 Å². The SMILES string of the molecule is COC(=O)[C@@H](N)Cc1ccccc1.OCl. The molecule has 0 aliphatic heterocycles. The highest BCUT2D eigenvalue weighted by atomic mass is 35.5. The van der Waals surface area contributed by atoms with Gasteiger partial charge in [0.05, 0.1) is 19.0 Å². The summed E-state index contributed by atoms with van der Waals surface area (Å²) in [4.78, 5) is 11.0. The van der Waals surface area contributed by atoms with Gasteiger partial charge in [0, 0.05) is 0 Å². The first-order valence-corrected chi connectivity index (χ1v) is 4.62. The van der Waals surface area contributed by atoms with Crippen molar-refractivity contribution in [2.45, 2.75) is 12.5 Å². The van der Waals surface area contributed by atoms with Gasteiger partial charge in [-0.15, -0.1) is 0 Å². The number of ether oxygens (including phenoxy) is 1. The number of benzene rings is 1. The van der Waals surface area contributed by atoms with Crippen molar-refractivity contribution < 1.29 is 14.2 Å². The third kappa shape index (κ3) is 5.37. The second kappa shape index (κ2) is 8.23. The molecule has 0 saturated carbocycles. The predicted octanol–water partition coefficient (Wildman–Crippen LogP) is 0.862. The molecule has 0 unspecified atom stereocenters. The fraction of sp³-hybridized carbons (Fsp3) is 0.300. The minimum atomic E-state index is -0.563. The lowest BCUT2D eigenvalue weighted by molar-refractivity contribution is -0.142. The van der Waals surface area contributed by atoms with Crippen molar-refractivity contribution in [1.29, 1.82) is 0 Å². The maximum Gasteiger partial charge on any atom is 0.322 e. The van der Waals surface area contributed by atoms with Crippen LogP contribution in [0, 0.1) is 0 Å². The number of methoxy groups -OCH3 is 1. The van der Waals surface area contributed by atoms with Gasteiger partial charge in [0.25, 0.3) is 0 Å². The second-order valence-corrected chi connectivity index (χ2v) is 2.82. The van der Waals surface area contributed by atoms with Crippen LogP contribution >= 0.6 is 11.9 Å². The zero-order valence-electron chi connectivity index (χ0n) is 8.39. The Kier molecular flexibility index (Phi) is 7.62. The van der Waals surface area contributed by atoms with E-state index >= 15 is 0 Å². The average Bonchev–Trinajstić information content (AvgIpc) is 2.32. The van der Waals surface area contributed by atoms with Crippen molar-refractivity contribution in [2.75, 3.05) is 7.11 Å². The number of nitrogens with two attached hydrogens (primary N) is 1. The summed E-state index contributed by atoms with van der Waals surface area (Å²) in [6.07, 6.45) is 0.521. The zero-order valence-corrected chi connectivity index (χ0v) is 9.15. The molecule has 1 rings (SSSR count). The molecular weight excluding hydrogens is 218 g/mol. The Bertz CT molecular complexity index is 279. The van der Waals surface area contributed by atoms with Crippen LogP contribution in [0.4, 0.5) is 0 Å². The monoisotopic (exact) mass is 231 g/mol. The molecule has 84 valence electrons. The summed E-state index contributed by atoms with van der Waals surface area (Å²) < 4.78 is 11.0. The maximum absolute atomic E-state index is 11.0. The highest BCUT2D eigenvalue weighted by molar-refractivity contribution is 6.04. The Hall–Kier alpha value is -1.10. The molecule has 1 aromatic rings. The summed E-state index contributed by atoms with van der Waals surface area (Å²) in [7, 11) is 1.34. The minimum absolute atomic E-state index is 0.371. The molecular formula is C10H14ClNO3. The van der Waals surface area contributed by atoms with Crippen LogP contribution in [-0.2, 0) is 16.0 Å². The van der Waals surface area contributed by atoms with Crippen LogP contribution in [0.15, 0.2) is 30.3 Å². The standard InChI is InChI=1S/C10H13NO2.ClHO/c1-13-10(12)9(11)7-8-5-3-2-4-6-8;1-2/h2-6,9H,7,11H2,1H3;2H/t9-;/m0./s1. The topological polar surface area (TPSA) is 72.5 Å². The van der Waals surface area contributed by atoms with Gasteiger partial charge in [-0.3, -0.25) is 9.45 Å². The van der Waals surface area contributed by atoms with Crippen LogP contribution in [0.2, 0.25) is 0 Å². The quantitative estimate of drug-likeness (QED) is 0.757. The Morgan fingerprint density at radius 2 is 2.00 bits per heavy atom. The molecule has 0 spiro atoms. The fourth-order valence-corrected chi connectivity index (χ4v) is 1.10. The fourth-order valence-electron chi connectivity index (χ4n) is 1.10. The third-order valence-corrected chi connectivity index (χ3v) is 1.80. The van der Waals surface area contributed by atoms with Crippen molar-refractivity contribution in [2.24, 2.45) is 5.73 Å². The molecule has 0 saturated heterocycles. The van der Waals surface area contributed by atoms with Gasteiger partial charge >= 0.3 is 5.97 Å². The van der Waals surface area contributed by atoms with E-state index < -0.39 is 6.04 Å². The number of hydrogen-bond donors (Lipinski definition) is 2. The van der Waals surface area contributed by atoms with E-state index in [4.69, 9.17) is 10.4 Å². The summed E-state index contributed by atoms with van der Waals surface area (Å²) >= 11 is 3.64. The first-order chi connectivity index (χ1) is 7.24. The Morgan fingerprint density at radius 3 is 2.47 bits per heavy atom. The van der Waals surface area contributed by atoms with Gasteiger partial charge in [-0.25, -0.2) is 0 Å². The number of halogens is 1. The lowest BCUT2D eigenvalue weighted by atomic mass is 10.1. The van der Waals surface area contributed by atoms with Crippen LogP contribution < -0.4 is 5.73 Å². The second-order valence-electron chi connectivity index (χ2n) is 2.82. The predicted molar refractivity (Wildman–Crippen MR) is 58.2 cm³/mol. The van der Waals surface area contributed by atoms with E-state index in [2.05, 4.69) is 16.6 Å². The molecule has 4 nitrogen and oxygen atoms in total. The molecule has 0 aliphatic carbocycles. The molecule has 3 N–H and O–H groups in total. The van der Waals surface area contributed by atoms with Crippen LogP contribution in [-0.4, -0.2) is 23.8 Å². The highest BCUT2D eigenvalue weighted by Crippen LogP contribution is 2.02. The first kappa shape index (κ1) is 13.9. The van der Waals surface area contributed by atoms with Crippen molar-refractivity contribution >= 4 is 17.8 Å². The Labute approximate surface area is 93.8 Å². The first-order valence-electron chi connectivity index (χ1n) is 4.28. The van der Waals surface area contributed by atoms with E-state index in [-0.39, 0.29) is 5.97 Å². The van der Waals surface area contributed by atoms with E-state index in [0.717, 1.165) is 5.56 Å². The van der Waals surface area contributed by atoms with Crippen molar-refractivity contribution in [3.05, 3.63) is 35.9 Å². The number of rotatable bonds is 3. The van der Waals surface area contributed by atoms with Gasteiger partial charge in [0.1, 0.15) is 6.04 Å². The lowest BCUT2D eigenvalue weighted by Crippen LogP contribution is -2.33. The number of hydrogen-bond acceptors (Lipinski definition) is 4. The molecule has 15 heavy (non-hydrogen) atoms. The van der Waals surface area contributed by atoms with E-state index in [1.807, 2.05) is 30.3 Å². The normalized spacial score (nSPS) is 10.9. The van der Waals surface area contributed by atoms with Crippen molar-refractivity contribution in [1.82, 2.24) is 0 Å². The van der Waals surface area contributed by atoms with E-state index in [9.17, 15) is 4.79 Å². The van der Waals surface area contributed by atoms with Crippen LogP contribution in [0.25, 0.3) is 0 Å². The van der Waals surface area contributed by atoms with E-state index in [1.54, 1.807) is 0 Å². The largest absolute Gasteiger partial charge is 0.468 e. The zero-order chi connectivity index (χ0) is 11.7. The summed E-state index contributed by atoms with van der Waals surface area (Å²) in [5.41, 5.74) is 6.63. The Balaban J connectivity index is 0.000000921. The highest BCUT2D eigenvalue weighted by Gasteiger charge is 2.13. The maximum atomic E-state index is 11.0. The van der Waals surface area contributed by atoms with Crippen LogP contribution in [0.3, 0.4) is 0 Å².